The molecule has 2 saturated carbocycles. The fourth-order valence-corrected chi connectivity index (χ4v) is 3.57. The van der Waals surface area contributed by atoms with Crippen LogP contribution in [0.25, 0.3) is 0 Å². The standard InChI is InChI=1S/C15H22N2O2S/c18-20(19,17-11-12-3-1-4-12)15-6-2-5-13(9-15)10-16-14-7-8-14/h2,5-6,9,12,14,16-17H,1,3-4,7-8,10-11H2. The first-order chi connectivity index (χ1) is 9.63. The fourth-order valence-electron chi connectivity index (χ4n) is 2.38. The van der Waals surface area contributed by atoms with Gasteiger partial charge in [-0.1, -0.05) is 18.6 Å². The average Bonchev–Trinajstić information content (AvgIpc) is 3.19. The molecule has 2 aliphatic carbocycles. The molecule has 0 spiro atoms. The van der Waals surface area contributed by atoms with Gasteiger partial charge in [0.05, 0.1) is 4.90 Å². The highest BCUT2D eigenvalue weighted by Crippen LogP contribution is 2.26. The molecule has 2 fully saturated rings. The Morgan fingerprint density at radius 2 is 1.95 bits per heavy atom. The van der Waals surface area contributed by atoms with Gasteiger partial charge in [-0.05, 0) is 49.3 Å². The van der Waals surface area contributed by atoms with Gasteiger partial charge >= 0.3 is 0 Å². The molecule has 0 radical (unpaired) electrons. The molecule has 2 aliphatic rings. The van der Waals surface area contributed by atoms with E-state index < -0.39 is 10.0 Å². The second-order valence-electron chi connectivity index (χ2n) is 5.95. The lowest BCUT2D eigenvalue weighted by Crippen LogP contribution is -2.32. The van der Waals surface area contributed by atoms with Crippen LogP contribution in [0.3, 0.4) is 0 Å². The third kappa shape index (κ3) is 3.59. The highest BCUT2D eigenvalue weighted by atomic mass is 32.2. The molecule has 0 amide bonds. The highest BCUT2D eigenvalue weighted by Gasteiger charge is 2.22. The first-order valence-corrected chi connectivity index (χ1v) is 8.94. The van der Waals surface area contributed by atoms with Crippen LogP contribution in [0, 0.1) is 5.92 Å². The predicted octanol–water partition coefficient (Wildman–Crippen LogP) is 2.02. The second kappa shape index (κ2) is 5.84. The molecule has 0 heterocycles. The molecule has 3 rings (SSSR count). The summed E-state index contributed by atoms with van der Waals surface area (Å²) in [4.78, 5) is 0.381. The SMILES string of the molecule is O=S(=O)(NCC1CCC1)c1cccc(CNC2CC2)c1. The van der Waals surface area contributed by atoms with Crippen molar-refractivity contribution in [2.24, 2.45) is 5.92 Å². The van der Waals surface area contributed by atoms with E-state index in [0.717, 1.165) is 24.9 Å². The molecule has 0 bridgehead atoms. The monoisotopic (exact) mass is 294 g/mol. The Labute approximate surface area is 121 Å². The molecule has 0 atom stereocenters. The zero-order chi connectivity index (χ0) is 14.0. The summed E-state index contributed by atoms with van der Waals surface area (Å²) in [6.45, 7) is 1.32. The van der Waals surface area contributed by atoms with Gasteiger partial charge in [-0.25, -0.2) is 13.1 Å². The van der Waals surface area contributed by atoms with Crippen molar-refractivity contribution in [3.05, 3.63) is 29.8 Å². The Kier molecular flexibility index (Phi) is 4.10. The second-order valence-corrected chi connectivity index (χ2v) is 7.72. The lowest BCUT2D eigenvalue weighted by molar-refractivity contribution is 0.316. The van der Waals surface area contributed by atoms with Crippen molar-refractivity contribution >= 4 is 10.0 Å². The topological polar surface area (TPSA) is 58.2 Å². The van der Waals surface area contributed by atoms with E-state index in [9.17, 15) is 8.42 Å². The molecule has 2 N–H and O–H groups in total. The summed E-state index contributed by atoms with van der Waals surface area (Å²) in [7, 11) is -3.35. The average molecular weight is 294 g/mol. The van der Waals surface area contributed by atoms with Gasteiger partial charge in [0.1, 0.15) is 0 Å². The molecule has 0 saturated heterocycles. The molecule has 0 unspecified atom stereocenters. The van der Waals surface area contributed by atoms with Crippen molar-refractivity contribution in [1.29, 1.82) is 0 Å². The molecule has 0 aliphatic heterocycles. The minimum Gasteiger partial charge on any atom is -0.310 e. The Hall–Kier alpha value is -0.910. The zero-order valence-corrected chi connectivity index (χ0v) is 12.5. The number of sulfonamides is 1. The maximum atomic E-state index is 12.2. The van der Waals surface area contributed by atoms with Gasteiger partial charge in [0.2, 0.25) is 10.0 Å². The van der Waals surface area contributed by atoms with Crippen molar-refractivity contribution in [2.45, 2.75) is 49.6 Å². The third-order valence-corrected chi connectivity index (χ3v) is 5.59. The van der Waals surface area contributed by atoms with E-state index in [4.69, 9.17) is 0 Å². The van der Waals surface area contributed by atoms with Gasteiger partial charge in [0.15, 0.2) is 0 Å². The quantitative estimate of drug-likeness (QED) is 0.809. The van der Waals surface area contributed by atoms with Crippen molar-refractivity contribution in [3.8, 4) is 0 Å². The van der Waals surface area contributed by atoms with E-state index in [-0.39, 0.29) is 0 Å². The Morgan fingerprint density at radius 1 is 1.15 bits per heavy atom. The number of hydrogen-bond donors (Lipinski definition) is 2. The lowest BCUT2D eigenvalue weighted by atomic mass is 9.86. The van der Waals surface area contributed by atoms with Crippen LogP contribution < -0.4 is 10.0 Å². The van der Waals surface area contributed by atoms with Gasteiger partial charge in [-0.2, -0.15) is 0 Å². The Bertz CT molecular complexity index is 563. The number of hydrogen-bond acceptors (Lipinski definition) is 3. The molecule has 1 aromatic carbocycles. The molecule has 20 heavy (non-hydrogen) atoms. The molecular formula is C15H22N2O2S. The summed E-state index contributed by atoms with van der Waals surface area (Å²) in [5, 5.41) is 3.40. The lowest BCUT2D eigenvalue weighted by Gasteiger charge is -2.25. The Morgan fingerprint density at radius 3 is 2.60 bits per heavy atom. The maximum Gasteiger partial charge on any atom is 0.240 e. The van der Waals surface area contributed by atoms with Crippen LogP contribution in [-0.4, -0.2) is 21.0 Å². The first kappa shape index (κ1) is 14.0. The molecule has 110 valence electrons. The Balaban J connectivity index is 1.62. The largest absolute Gasteiger partial charge is 0.310 e. The highest BCUT2D eigenvalue weighted by molar-refractivity contribution is 7.89. The summed E-state index contributed by atoms with van der Waals surface area (Å²) in [6.07, 6.45) is 6.00. The number of nitrogens with one attached hydrogen (secondary N) is 2. The van der Waals surface area contributed by atoms with Crippen molar-refractivity contribution in [3.63, 3.8) is 0 Å². The molecule has 4 nitrogen and oxygen atoms in total. The summed E-state index contributed by atoms with van der Waals surface area (Å²) < 4.78 is 27.2. The van der Waals surface area contributed by atoms with Crippen LogP contribution in [0.4, 0.5) is 0 Å². The minimum absolute atomic E-state index is 0.381. The van der Waals surface area contributed by atoms with Crippen molar-refractivity contribution in [1.82, 2.24) is 10.0 Å². The smallest absolute Gasteiger partial charge is 0.240 e. The van der Waals surface area contributed by atoms with E-state index >= 15 is 0 Å². The minimum atomic E-state index is -3.35. The number of rotatable bonds is 7. The zero-order valence-electron chi connectivity index (χ0n) is 11.6. The van der Waals surface area contributed by atoms with E-state index in [2.05, 4.69) is 10.0 Å². The normalized spacial score (nSPS) is 19.8. The van der Waals surface area contributed by atoms with E-state index in [1.54, 1.807) is 12.1 Å². The molecule has 1 aromatic rings. The van der Waals surface area contributed by atoms with Crippen LogP contribution in [-0.2, 0) is 16.6 Å². The van der Waals surface area contributed by atoms with Crippen molar-refractivity contribution in [2.75, 3.05) is 6.54 Å². The van der Waals surface area contributed by atoms with Gasteiger partial charge in [-0.15, -0.1) is 0 Å². The summed E-state index contributed by atoms with van der Waals surface area (Å²) in [5.41, 5.74) is 1.03. The van der Waals surface area contributed by atoms with Crippen LogP contribution in [0.5, 0.6) is 0 Å². The van der Waals surface area contributed by atoms with Gasteiger partial charge in [0.25, 0.3) is 0 Å². The van der Waals surface area contributed by atoms with E-state index in [1.807, 2.05) is 12.1 Å². The fraction of sp³-hybridized carbons (Fsp3) is 0.600. The summed E-state index contributed by atoms with van der Waals surface area (Å²) in [6, 6.07) is 7.87. The van der Waals surface area contributed by atoms with Crippen LogP contribution in [0.2, 0.25) is 0 Å². The summed E-state index contributed by atoms with van der Waals surface area (Å²) in [5.74, 6) is 0.532. The predicted molar refractivity (Wildman–Crippen MR) is 78.8 cm³/mol. The van der Waals surface area contributed by atoms with Gasteiger partial charge < -0.3 is 5.32 Å². The first-order valence-electron chi connectivity index (χ1n) is 7.45. The summed E-state index contributed by atoms with van der Waals surface area (Å²) >= 11 is 0. The van der Waals surface area contributed by atoms with E-state index in [1.165, 1.54) is 19.3 Å². The molecular weight excluding hydrogens is 272 g/mol. The van der Waals surface area contributed by atoms with Gasteiger partial charge in [0, 0.05) is 19.1 Å². The van der Waals surface area contributed by atoms with Gasteiger partial charge in [-0.3, -0.25) is 0 Å². The molecule has 0 aromatic heterocycles. The van der Waals surface area contributed by atoms with Crippen LogP contribution in [0.1, 0.15) is 37.7 Å². The number of benzene rings is 1. The third-order valence-electron chi connectivity index (χ3n) is 4.17. The molecule has 5 heteroatoms. The van der Waals surface area contributed by atoms with Crippen molar-refractivity contribution < 1.29 is 8.42 Å². The van der Waals surface area contributed by atoms with Crippen LogP contribution in [0.15, 0.2) is 29.2 Å². The maximum absolute atomic E-state index is 12.2. The van der Waals surface area contributed by atoms with E-state index in [0.29, 0.717) is 23.4 Å². The van der Waals surface area contributed by atoms with Crippen LogP contribution >= 0.6 is 0 Å².